The molecule has 0 spiro atoms. The number of para-hydroxylation sites is 2. The molecule has 1 aliphatic carbocycles. The maximum atomic E-state index is 12.3. The second-order valence-electron chi connectivity index (χ2n) is 5.21. The van der Waals surface area contributed by atoms with E-state index in [4.69, 9.17) is 5.26 Å². The zero-order valence-electron chi connectivity index (χ0n) is 11.2. The highest BCUT2D eigenvalue weighted by Crippen LogP contribution is 2.46. The highest BCUT2D eigenvalue weighted by Gasteiger charge is 2.49. The molecule has 1 saturated carbocycles. The van der Waals surface area contributed by atoms with Crippen LogP contribution >= 0.6 is 0 Å². The van der Waals surface area contributed by atoms with Crippen molar-refractivity contribution >= 4 is 11.6 Å². The lowest BCUT2D eigenvalue weighted by Crippen LogP contribution is -2.45. The van der Waals surface area contributed by atoms with Crippen molar-refractivity contribution in [2.24, 2.45) is 11.3 Å². The first-order chi connectivity index (χ1) is 9.76. The first kappa shape index (κ1) is 15.2. The van der Waals surface area contributed by atoms with Crippen LogP contribution in [0.4, 0.5) is 18.9 Å². The molecule has 7 heteroatoms. The van der Waals surface area contributed by atoms with E-state index in [-0.39, 0.29) is 11.6 Å². The third-order valence-electron chi connectivity index (χ3n) is 3.40. The van der Waals surface area contributed by atoms with Gasteiger partial charge in [0.1, 0.15) is 5.41 Å². The fourth-order valence-corrected chi connectivity index (χ4v) is 2.48. The lowest BCUT2D eigenvalue weighted by Gasteiger charge is -2.39. The number of nitrogens with zero attached hydrogens (tertiary/aromatic N) is 1. The number of nitriles is 1. The van der Waals surface area contributed by atoms with E-state index < -0.39 is 23.4 Å². The van der Waals surface area contributed by atoms with E-state index in [0.29, 0.717) is 12.8 Å². The molecule has 0 unspecified atom stereocenters. The van der Waals surface area contributed by atoms with E-state index in [9.17, 15) is 18.0 Å². The number of carbonyl (C=O) groups excluding carboxylic acids is 1. The van der Waals surface area contributed by atoms with Crippen molar-refractivity contribution in [2.45, 2.75) is 26.1 Å². The van der Waals surface area contributed by atoms with Gasteiger partial charge in [-0.25, -0.2) is 0 Å². The molecule has 0 saturated heterocycles. The third kappa shape index (κ3) is 3.27. The highest BCUT2D eigenvalue weighted by molar-refractivity contribution is 5.99. The number of alkyl halides is 3. The molecule has 4 nitrogen and oxygen atoms in total. The fourth-order valence-electron chi connectivity index (χ4n) is 2.48. The van der Waals surface area contributed by atoms with Gasteiger partial charge in [-0.2, -0.15) is 5.26 Å². The minimum atomic E-state index is -4.85. The molecule has 2 rings (SSSR count). The number of halogens is 3. The van der Waals surface area contributed by atoms with Gasteiger partial charge in [-0.15, -0.1) is 13.2 Å². The van der Waals surface area contributed by atoms with E-state index in [0.717, 1.165) is 6.07 Å². The molecule has 21 heavy (non-hydrogen) atoms. The van der Waals surface area contributed by atoms with Gasteiger partial charge in [-0.05, 0) is 30.9 Å². The first-order valence-electron chi connectivity index (χ1n) is 6.33. The third-order valence-corrected chi connectivity index (χ3v) is 3.40. The Balaban J connectivity index is 2.17. The Hall–Kier alpha value is -2.23. The molecule has 0 aromatic heterocycles. The van der Waals surface area contributed by atoms with Crippen LogP contribution < -0.4 is 10.1 Å². The van der Waals surface area contributed by atoms with Crippen molar-refractivity contribution in [2.75, 3.05) is 5.32 Å². The van der Waals surface area contributed by atoms with Crippen molar-refractivity contribution in [3.05, 3.63) is 24.3 Å². The Labute approximate surface area is 119 Å². The second-order valence-corrected chi connectivity index (χ2v) is 5.21. The van der Waals surface area contributed by atoms with Gasteiger partial charge in [0, 0.05) is 0 Å². The first-order valence-corrected chi connectivity index (χ1v) is 6.33. The van der Waals surface area contributed by atoms with Crippen LogP contribution in [0.25, 0.3) is 0 Å². The Kier molecular flexibility index (Phi) is 3.81. The monoisotopic (exact) mass is 298 g/mol. The average Bonchev–Trinajstić information content (AvgIpc) is 2.35. The van der Waals surface area contributed by atoms with Gasteiger partial charge in [-0.3, -0.25) is 4.79 Å². The predicted octanol–water partition coefficient (Wildman–Crippen LogP) is 3.46. The standard InChI is InChI=1S/C14H13F3N2O2/c1-9-6-13(7-9,8-18)12(20)19-10-4-2-3-5-11(10)21-14(15,16)17/h2-5,9H,6-7H2,1H3,(H,19,20). The minimum absolute atomic E-state index is 0.103. The topological polar surface area (TPSA) is 62.1 Å². The molecular formula is C14H13F3N2O2. The summed E-state index contributed by atoms with van der Waals surface area (Å²) in [4.78, 5) is 12.1. The number of nitrogens with one attached hydrogen (secondary N) is 1. The van der Waals surface area contributed by atoms with Gasteiger partial charge < -0.3 is 10.1 Å². The molecular weight excluding hydrogens is 285 g/mol. The summed E-state index contributed by atoms with van der Waals surface area (Å²) in [5.41, 5.74) is -1.26. The number of hydrogen-bond acceptors (Lipinski definition) is 3. The van der Waals surface area contributed by atoms with Gasteiger partial charge in [0.25, 0.3) is 0 Å². The van der Waals surface area contributed by atoms with Crippen molar-refractivity contribution in [1.82, 2.24) is 0 Å². The molecule has 1 fully saturated rings. The molecule has 0 bridgehead atoms. The molecule has 1 N–H and O–H groups in total. The lowest BCUT2D eigenvalue weighted by atomic mass is 9.63. The number of rotatable bonds is 3. The summed E-state index contributed by atoms with van der Waals surface area (Å²) >= 11 is 0. The van der Waals surface area contributed by atoms with Crippen molar-refractivity contribution < 1.29 is 22.7 Å². The molecule has 1 aliphatic rings. The molecule has 1 aromatic carbocycles. The Morgan fingerprint density at radius 3 is 2.57 bits per heavy atom. The molecule has 0 radical (unpaired) electrons. The van der Waals surface area contributed by atoms with E-state index in [1.54, 1.807) is 0 Å². The number of anilines is 1. The Bertz CT molecular complexity index is 587. The predicted molar refractivity (Wildman–Crippen MR) is 68.2 cm³/mol. The quantitative estimate of drug-likeness (QED) is 0.929. The molecule has 112 valence electrons. The largest absolute Gasteiger partial charge is 0.573 e. The summed E-state index contributed by atoms with van der Waals surface area (Å²) in [6.07, 6.45) is -4.05. The SMILES string of the molecule is CC1CC(C#N)(C(=O)Nc2ccccc2OC(F)(F)F)C1. The zero-order chi connectivity index (χ0) is 15.7. The van der Waals surface area contributed by atoms with E-state index >= 15 is 0 Å². The summed E-state index contributed by atoms with van der Waals surface area (Å²) in [6.45, 7) is 1.91. The van der Waals surface area contributed by atoms with Crippen molar-refractivity contribution in [1.29, 1.82) is 5.26 Å². The van der Waals surface area contributed by atoms with Crippen LogP contribution in [-0.4, -0.2) is 12.3 Å². The van der Waals surface area contributed by atoms with E-state index in [2.05, 4.69) is 10.1 Å². The van der Waals surface area contributed by atoms with Crippen LogP contribution in [0.3, 0.4) is 0 Å². The van der Waals surface area contributed by atoms with Crippen LogP contribution in [0.2, 0.25) is 0 Å². The molecule has 1 aromatic rings. The molecule has 1 amide bonds. The van der Waals surface area contributed by atoms with Crippen LogP contribution in [0, 0.1) is 22.7 Å². The van der Waals surface area contributed by atoms with Crippen LogP contribution in [0.1, 0.15) is 19.8 Å². The zero-order valence-corrected chi connectivity index (χ0v) is 11.2. The van der Waals surface area contributed by atoms with E-state index in [1.165, 1.54) is 18.2 Å². The summed E-state index contributed by atoms with van der Waals surface area (Å²) in [5.74, 6) is -0.850. The van der Waals surface area contributed by atoms with Gasteiger partial charge in [-0.1, -0.05) is 19.1 Å². The van der Waals surface area contributed by atoms with Crippen LogP contribution in [0.15, 0.2) is 24.3 Å². The van der Waals surface area contributed by atoms with Gasteiger partial charge in [0.2, 0.25) is 5.91 Å². The highest BCUT2D eigenvalue weighted by atomic mass is 19.4. The molecule has 0 aliphatic heterocycles. The van der Waals surface area contributed by atoms with Crippen molar-refractivity contribution in [3.8, 4) is 11.8 Å². The Morgan fingerprint density at radius 1 is 1.43 bits per heavy atom. The second kappa shape index (κ2) is 5.28. The normalized spacial score (nSPS) is 24.6. The fraction of sp³-hybridized carbons (Fsp3) is 0.429. The van der Waals surface area contributed by atoms with Gasteiger partial charge >= 0.3 is 6.36 Å². The summed E-state index contributed by atoms with van der Waals surface area (Å²) in [7, 11) is 0. The van der Waals surface area contributed by atoms with Crippen LogP contribution in [0.5, 0.6) is 5.75 Å². The number of ether oxygens (including phenoxy) is 1. The maximum absolute atomic E-state index is 12.3. The minimum Gasteiger partial charge on any atom is -0.404 e. The number of benzene rings is 1. The van der Waals surface area contributed by atoms with Crippen LogP contribution in [-0.2, 0) is 4.79 Å². The molecule has 0 atom stereocenters. The van der Waals surface area contributed by atoms with Crippen molar-refractivity contribution in [3.63, 3.8) is 0 Å². The summed E-state index contributed by atoms with van der Waals surface area (Å²) < 4.78 is 40.8. The number of carbonyl (C=O) groups is 1. The van der Waals surface area contributed by atoms with E-state index in [1.807, 2.05) is 13.0 Å². The summed E-state index contributed by atoms with van der Waals surface area (Å²) in [6, 6.07) is 7.20. The van der Waals surface area contributed by atoms with Gasteiger partial charge in [0.15, 0.2) is 5.75 Å². The number of amides is 1. The van der Waals surface area contributed by atoms with Gasteiger partial charge in [0.05, 0.1) is 11.8 Å². The molecule has 0 heterocycles. The average molecular weight is 298 g/mol. The lowest BCUT2D eigenvalue weighted by molar-refractivity contribution is -0.274. The Morgan fingerprint density at radius 2 is 2.05 bits per heavy atom. The maximum Gasteiger partial charge on any atom is 0.573 e. The summed E-state index contributed by atoms with van der Waals surface area (Å²) in [5, 5.41) is 11.5. The smallest absolute Gasteiger partial charge is 0.404 e. The number of hydrogen-bond donors (Lipinski definition) is 1.